The molecular weight excluding hydrogens is 304 g/mol. The molecule has 1 fully saturated rings. The van der Waals surface area contributed by atoms with Crippen LogP contribution in [0.25, 0.3) is 0 Å². The Morgan fingerprint density at radius 1 is 1.04 bits per heavy atom. The minimum atomic E-state index is -0.542. The molecule has 0 aromatic heterocycles. The predicted molar refractivity (Wildman–Crippen MR) is 93.4 cm³/mol. The third-order valence-corrected chi connectivity index (χ3v) is 4.28. The zero-order valence-corrected chi connectivity index (χ0v) is 14.0. The number of methoxy groups -OCH3 is 1. The van der Waals surface area contributed by atoms with E-state index in [2.05, 4.69) is 5.32 Å². The maximum Gasteiger partial charge on any atom is 0.256 e. The van der Waals surface area contributed by atoms with Crippen molar-refractivity contribution in [1.82, 2.24) is 0 Å². The van der Waals surface area contributed by atoms with Crippen LogP contribution in [-0.2, 0) is 9.59 Å². The number of carbonyl (C=O) groups excluding carboxylic acids is 2. The molecule has 2 aromatic rings. The summed E-state index contributed by atoms with van der Waals surface area (Å²) in [7, 11) is 1.58. The van der Waals surface area contributed by atoms with Crippen LogP contribution in [0.15, 0.2) is 42.5 Å². The molecule has 5 heteroatoms. The van der Waals surface area contributed by atoms with Crippen molar-refractivity contribution in [3.63, 3.8) is 0 Å². The highest BCUT2D eigenvalue weighted by molar-refractivity contribution is 6.23. The van der Waals surface area contributed by atoms with Gasteiger partial charge in [0.05, 0.1) is 19.2 Å². The normalized spacial score (nSPS) is 17.3. The average molecular weight is 324 g/mol. The van der Waals surface area contributed by atoms with Crippen molar-refractivity contribution in [3.8, 4) is 5.75 Å². The molecule has 1 aliphatic heterocycles. The smallest absolute Gasteiger partial charge is 0.256 e. The molecule has 1 aliphatic rings. The summed E-state index contributed by atoms with van der Waals surface area (Å²) in [5, 5.41) is 3.24. The number of rotatable bonds is 4. The van der Waals surface area contributed by atoms with Gasteiger partial charge in [0.15, 0.2) is 0 Å². The first-order chi connectivity index (χ1) is 11.5. The van der Waals surface area contributed by atoms with Crippen LogP contribution >= 0.6 is 0 Å². The molecule has 24 heavy (non-hydrogen) atoms. The van der Waals surface area contributed by atoms with Gasteiger partial charge < -0.3 is 10.1 Å². The molecule has 2 aromatic carbocycles. The highest BCUT2D eigenvalue weighted by Gasteiger charge is 2.39. The van der Waals surface area contributed by atoms with Crippen LogP contribution in [0.3, 0.4) is 0 Å². The van der Waals surface area contributed by atoms with Crippen molar-refractivity contribution >= 4 is 23.2 Å². The lowest BCUT2D eigenvalue weighted by atomic mass is 10.1. The van der Waals surface area contributed by atoms with Crippen LogP contribution in [-0.4, -0.2) is 25.0 Å². The van der Waals surface area contributed by atoms with Gasteiger partial charge in [-0.1, -0.05) is 18.2 Å². The quantitative estimate of drug-likeness (QED) is 0.878. The summed E-state index contributed by atoms with van der Waals surface area (Å²) in [6.07, 6.45) is 0.151. The van der Waals surface area contributed by atoms with E-state index in [0.717, 1.165) is 16.8 Å². The molecule has 0 spiro atoms. The third kappa shape index (κ3) is 2.85. The maximum atomic E-state index is 12.7. The van der Waals surface area contributed by atoms with Crippen molar-refractivity contribution < 1.29 is 14.3 Å². The van der Waals surface area contributed by atoms with Gasteiger partial charge in [-0.05, 0) is 49.2 Å². The van der Waals surface area contributed by atoms with E-state index < -0.39 is 6.04 Å². The second-order valence-corrected chi connectivity index (χ2v) is 5.93. The number of aryl methyl sites for hydroxylation is 2. The van der Waals surface area contributed by atoms with Gasteiger partial charge in [-0.15, -0.1) is 0 Å². The lowest BCUT2D eigenvalue weighted by Crippen LogP contribution is -2.35. The molecule has 124 valence electrons. The fourth-order valence-electron chi connectivity index (χ4n) is 2.96. The van der Waals surface area contributed by atoms with Crippen molar-refractivity contribution in [2.75, 3.05) is 17.3 Å². The van der Waals surface area contributed by atoms with Crippen molar-refractivity contribution in [2.24, 2.45) is 0 Å². The zero-order valence-electron chi connectivity index (χ0n) is 14.0. The second kappa shape index (κ2) is 6.35. The molecule has 1 saturated heterocycles. The monoisotopic (exact) mass is 324 g/mol. The van der Waals surface area contributed by atoms with Gasteiger partial charge in [0.2, 0.25) is 5.91 Å². The predicted octanol–water partition coefficient (Wildman–Crippen LogP) is 3.06. The van der Waals surface area contributed by atoms with Gasteiger partial charge in [0.1, 0.15) is 11.8 Å². The van der Waals surface area contributed by atoms with Crippen molar-refractivity contribution in [3.05, 3.63) is 53.6 Å². The number of hydrogen-bond acceptors (Lipinski definition) is 4. The Balaban J connectivity index is 1.83. The second-order valence-electron chi connectivity index (χ2n) is 5.93. The molecule has 0 radical (unpaired) electrons. The van der Waals surface area contributed by atoms with Crippen LogP contribution in [0, 0.1) is 13.8 Å². The number of amides is 2. The Labute approximate surface area is 141 Å². The first-order valence-electron chi connectivity index (χ1n) is 7.85. The van der Waals surface area contributed by atoms with Gasteiger partial charge in [-0.25, -0.2) is 4.90 Å². The summed E-state index contributed by atoms with van der Waals surface area (Å²) in [6.45, 7) is 3.97. The topological polar surface area (TPSA) is 58.6 Å². The highest BCUT2D eigenvalue weighted by Crippen LogP contribution is 2.28. The van der Waals surface area contributed by atoms with E-state index in [1.807, 2.05) is 32.0 Å². The van der Waals surface area contributed by atoms with E-state index in [1.54, 1.807) is 31.4 Å². The Morgan fingerprint density at radius 3 is 2.25 bits per heavy atom. The Bertz CT molecular complexity index is 763. The van der Waals surface area contributed by atoms with Gasteiger partial charge in [-0.3, -0.25) is 9.59 Å². The van der Waals surface area contributed by atoms with Crippen LogP contribution in [0.1, 0.15) is 17.5 Å². The van der Waals surface area contributed by atoms with E-state index in [-0.39, 0.29) is 18.2 Å². The number of para-hydroxylation sites is 1. The zero-order chi connectivity index (χ0) is 17.3. The number of ether oxygens (including phenoxy) is 1. The van der Waals surface area contributed by atoms with E-state index in [0.29, 0.717) is 11.4 Å². The number of nitrogens with zero attached hydrogens (tertiary/aromatic N) is 1. The van der Waals surface area contributed by atoms with Crippen LogP contribution in [0.4, 0.5) is 11.4 Å². The van der Waals surface area contributed by atoms with E-state index >= 15 is 0 Å². The highest BCUT2D eigenvalue weighted by atomic mass is 16.5. The largest absolute Gasteiger partial charge is 0.497 e. The molecular formula is C19H20N2O3. The minimum absolute atomic E-state index is 0.151. The number of hydrogen-bond donors (Lipinski definition) is 1. The Morgan fingerprint density at radius 2 is 1.67 bits per heavy atom. The Hall–Kier alpha value is -2.82. The summed E-state index contributed by atoms with van der Waals surface area (Å²) >= 11 is 0. The number of nitrogens with one attached hydrogen (secondary N) is 1. The molecule has 0 unspecified atom stereocenters. The molecule has 2 amide bonds. The van der Waals surface area contributed by atoms with Crippen LogP contribution in [0.5, 0.6) is 5.75 Å². The molecule has 0 aliphatic carbocycles. The maximum absolute atomic E-state index is 12.7. The number of anilines is 2. The summed E-state index contributed by atoms with van der Waals surface area (Å²) in [4.78, 5) is 26.3. The lowest BCUT2D eigenvalue weighted by molar-refractivity contribution is -0.121. The average Bonchev–Trinajstić information content (AvgIpc) is 2.85. The molecule has 1 atom stereocenters. The van der Waals surface area contributed by atoms with Crippen molar-refractivity contribution in [1.29, 1.82) is 0 Å². The van der Waals surface area contributed by atoms with Gasteiger partial charge in [-0.2, -0.15) is 0 Å². The van der Waals surface area contributed by atoms with Gasteiger partial charge in [0, 0.05) is 5.69 Å². The molecule has 1 heterocycles. The number of imide groups is 1. The molecule has 0 bridgehead atoms. The summed E-state index contributed by atoms with van der Waals surface area (Å²) < 4.78 is 5.11. The summed E-state index contributed by atoms with van der Waals surface area (Å²) in [5.41, 5.74) is 3.59. The molecule has 1 N–H and O–H groups in total. The Kier molecular flexibility index (Phi) is 4.25. The van der Waals surface area contributed by atoms with E-state index in [1.165, 1.54) is 4.90 Å². The SMILES string of the molecule is COc1ccc(N2C(=O)C[C@H](Nc3c(C)cccc3C)C2=O)cc1. The lowest BCUT2D eigenvalue weighted by Gasteiger charge is -2.18. The van der Waals surface area contributed by atoms with Gasteiger partial charge >= 0.3 is 0 Å². The first kappa shape index (κ1) is 16.1. The van der Waals surface area contributed by atoms with Crippen molar-refractivity contribution in [2.45, 2.75) is 26.3 Å². The third-order valence-electron chi connectivity index (χ3n) is 4.28. The summed E-state index contributed by atoms with van der Waals surface area (Å²) in [6, 6.07) is 12.3. The molecule has 0 saturated carbocycles. The first-order valence-corrected chi connectivity index (χ1v) is 7.85. The fourth-order valence-corrected chi connectivity index (χ4v) is 2.96. The van der Waals surface area contributed by atoms with E-state index in [4.69, 9.17) is 4.74 Å². The number of benzene rings is 2. The standard InChI is InChI=1S/C19H20N2O3/c1-12-5-4-6-13(2)18(12)20-16-11-17(22)21(19(16)23)14-7-9-15(24-3)10-8-14/h4-10,16,20H,11H2,1-3H3/t16-/m0/s1. The van der Waals surface area contributed by atoms with E-state index in [9.17, 15) is 9.59 Å². The van der Waals surface area contributed by atoms with Gasteiger partial charge in [0.25, 0.3) is 5.91 Å². The minimum Gasteiger partial charge on any atom is -0.497 e. The molecule has 3 rings (SSSR count). The number of carbonyl (C=O) groups is 2. The fraction of sp³-hybridized carbons (Fsp3) is 0.263. The summed E-state index contributed by atoms with van der Waals surface area (Å²) in [5.74, 6) is 0.254. The van der Waals surface area contributed by atoms with Crippen LogP contribution in [0.2, 0.25) is 0 Å². The van der Waals surface area contributed by atoms with Crippen LogP contribution < -0.4 is 15.0 Å². The molecule has 5 nitrogen and oxygen atoms in total.